The lowest BCUT2D eigenvalue weighted by molar-refractivity contribution is 0.181. The number of benzene rings is 1. The molecule has 1 aliphatic carbocycles. The van der Waals surface area contributed by atoms with Gasteiger partial charge in [-0.15, -0.1) is 0 Å². The standard InChI is InChI=1S/C14H16BrN3O/c15-10-4-5-13(19-8-9-2-1-3-9)11(6-10)12-7-17-18-14(12)16/h4-7,9H,1-3,8H2,(H3,16,17,18). The minimum absolute atomic E-state index is 0.562. The highest BCUT2D eigenvalue weighted by atomic mass is 79.9. The van der Waals surface area contributed by atoms with E-state index in [0.717, 1.165) is 28.0 Å². The van der Waals surface area contributed by atoms with Crippen molar-refractivity contribution in [2.75, 3.05) is 12.3 Å². The summed E-state index contributed by atoms with van der Waals surface area (Å²) < 4.78 is 6.96. The number of aromatic nitrogens is 2. The summed E-state index contributed by atoms with van der Waals surface area (Å²) in [5.41, 5.74) is 7.75. The number of ether oxygens (including phenoxy) is 1. The largest absolute Gasteiger partial charge is 0.493 e. The molecule has 0 spiro atoms. The van der Waals surface area contributed by atoms with Gasteiger partial charge >= 0.3 is 0 Å². The Hall–Kier alpha value is -1.49. The first kappa shape index (κ1) is 12.5. The minimum Gasteiger partial charge on any atom is -0.493 e. The predicted octanol–water partition coefficient (Wildman–Crippen LogP) is 3.60. The van der Waals surface area contributed by atoms with Gasteiger partial charge in [-0.05, 0) is 37.0 Å². The maximum absolute atomic E-state index is 5.96. The Balaban J connectivity index is 1.88. The molecule has 3 N–H and O–H groups in total. The van der Waals surface area contributed by atoms with Gasteiger partial charge in [-0.3, -0.25) is 5.10 Å². The monoisotopic (exact) mass is 321 g/mol. The summed E-state index contributed by atoms with van der Waals surface area (Å²) in [5.74, 6) is 2.13. The summed E-state index contributed by atoms with van der Waals surface area (Å²) >= 11 is 3.48. The molecule has 0 atom stereocenters. The lowest BCUT2D eigenvalue weighted by atomic mass is 9.86. The van der Waals surface area contributed by atoms with E-state index in [1.54, 1.807) is 6.20 Å². The molecule has 1 aromatic heterocycles. The second-order valence-electron chi connectivity index (χ2n) is 4.95. The molecule has 0 unspecified atom stereocenters. The van der Waals surface area contributed by atoms with Gasteiger partial charge < -0.3 is 10.5 Å². The summed E-state index contributed by atoms with van der Waals surface area (Å²) in [5, 5.41) is 6.73. The third-order valence-electron chi connectivity index (χ3n) is 3.60. The van der Waals surface area contributed by atoms with Crippen LogP contribution in [-0.2, 0) is 0 Å². The van der Waals surface area contributed by atoms with Crippen molar-refractivity contribution in [3.8, 4) is 16.9 Å². The van der Waals surface area contributed by atoms with Crippen molar-refractivity contribution in [3.05, 3.63) is 28.9 Å². The zero-order chi connectivity index (χ0) is 13.2. The van der Waals surface area contributed by atoms with Crippen LogP contribution in [-0.4, -0.2) is 16.8 Å². The van der Waals surface area contributed by atoms with Crippen LogP contribution < -0.4 is 10.5 Å². The number of nitrogens with two attached hydrogens (primary N) is 1. The van der Waals surface area contributed by atoms with E-state index in [-0.39, 0.29) is 0 Å². The number of nitrogen functional groups attached to an aromatic ring is 1. The molecule has 5 heteroatoms. The molecular formula is C14H16BrN3O. The van der Waals surface area contributed by atoms with E-state index in [4.69, 9.17) is 10.5 Å². The molecule has 2 aromatic rings. The molecular weight excluding hydrogens is 306 g/mol. The summed E-state index contributed by atoms with van der Waals surface area (Å²) in [6.07, 6.45) is 5.61. The Labute approximate surface area is 120 Å². The average molecular weight is 322 g/mol. The number of hydrogen-bond acceptors (Lipinski definition) is 3. The third kappa shape index (κ3) is 2.61. The van der Waals surface area contributed by atoms with Crippen molar-refractivity contribution in [1.29, 1.82) is 0 Å². The summed E-state index contributed by atoms with van der Waals surface area (Å²) in [6, 6.07) is 5.97. The van der Waals surface area contributed by atoms with Crippen molar-refractivity contribution in [1.82, 2.24) is 10.2 Å². The molecule has 19 heavy (non-hydrogen) atoms. The predicted molar refractivity (Wildman–Crippen MR) is 79.0 cm³/mol. The Morgan fingerprint density at radius 3 is 2.84 bits per heavy atom. The SMILES string of the molecule is Nc1[nH]ncc1-c1cc(Br)ccc1OCC1CCC1. The first-order valence-corrected chi connectivity index (χ1v) is 7.25. The smallest absolute Gasteiger partial charge is 0.127 e. The van der Waals surface area contributed by atoms with Crippen LogP contribution in [0.1, 0.15) is 19.3 Å². The van der Waals surface area contributed by atoms with Crippen LogP contribution in [0.25, 0.3) is 11.1 Å². The fourth-order valence-electron chi connectivity index (χ4n) is 2.22. The van der Waals surface area contributed by atoms with Gasteiger partial charge in [-0.1, -0.05) is 22.4 Å². The highest BCUT2D eigenvalue weighted by Crippen LogP contribution is 2.36. The number of anilines is 1. The van der Waals surface area contributed by atoms with Crippen LogP contribution >= 0.6 is 15.9 Å². The Bertz CT molecular complexity index is 578. The number of hydrogen-bond donors (Lipinski definition) is 2. The Morgan fingerprint density at radius 1 is 1.37 bits per heavy atom. The zero-order valence-corrected chi connectivity index (χ0v) is 12.1. The molecule has 1 heterocycles. The molecule has 0 bridgehead atoms. The molecule has 1 aromatic carbocycles. The van der Waals surface area contributed by atoms with Gasteiger partial charge in [0.25, 0.3) is 0 Å². The fourth-order valence-corrected chi connectivity index (χ4v) is 2.58. The van der Waals surface area contributed by atoms with E-state index < -0.39 is 0 Å². The zero-order valence-electron chi connectivity index (χ0n) is 10.5. The first-order chi connectivity index (χ1) is 9.24. The lowest BCUT2D eigenvalue weighted by Gasteiger charge is -2.25. The van der Waals surface area contributed by atoms with E-state index in [2.05, 4.69) is 26.1 Å². The van der Waals surface area contributed by atoms with Gasteiger partial charge in [0.2, 0.25) is 0 Å². The maximum Gasteiger partial charge on any atom is 0.127 e. The van der Waals surface area contributed by atoms with Crippen molar-refractivity contribution >= 4 is 21.7 Å². The number of aromatic amines is 1. The van der Waals surface area contributed by atoms with E-state index in [1.165, 1.54) is 19.3 Å². The van der Waals surface area contributed by atoms with Crippen molar-refractivity contribution < 1.29 is 4.74 Å². The van der Waals surface area contributed by atoms with Gasteiger partial charge in [0.05, 0.1) is 12.8 Å². The summed E-state index contributed by atoms with van der Waals surface area (Å²) in [4.78, 5) is 0. The van der Waals surface area contributed by atoms with Gasteiger partial charge in [-0.2, -0.15) is 5.10 Å². The van der Waals surface area contributed by atoms with Crippen molar-refractivity contribution in [2.24, 2.45) is 5.92 Å². The quantitative estimate of drug-likeness (QED) is 0.904. The lowest BCUT2D eigenvalue weighted by Crippen LogP contribution is -2.19. The molecule has 4 nitrogen and oxygen atoms in total. The van der Waals surface area contributed by atoms with E-state index in [1.807, 2.05) is 18.2 Å². The third-order valence-corrected chi connectivity index (χ3v) is 4.09. The van der Waals surface area contributed by atoms with E-state index in [0.29, 0.717) is 11.7 Å². The molecule has 0 saturated heterocycles. The Morgan fingerprint density at radius 2 is 2.21 bits per heavy atom. The number of halogens is 1. The normalized spacial score (nSPS) is 15.2. The molecule has 0 amide bonds. The highest BCUT2D eigenvalue weighted by Gasteiger charge is 2.19. The van der Waals surface area contributed by atoms with Crippen molar-refractivity contribution in [2.45, 2.75) is 19.3 Å². The summed E-state index contributed by atoms with van der Waals surface area (Å²) in [7, 11) is 0. The molecule has 0 aliphatic heterocycles. The second-order valence-corrected chi connectivity index (χ2v) is 5.86. The van der Waals surface area contributed by atoms with Crippen molar-refractivity contribution in [3.63, 3.8) is 0 Å². The first-order valence-electron chi connectivity index (χ1n) is 6.45. The number of H-pyrrole nitrogens is 1. The van der Waals surface area contributed by atoms with Gasteiger partial charge in [0.1, 0.15) is 11.6 Å². The van der Waals surface area contributed by atoms with Crippen LogP contribution in [0.15, 0.2) is 28.9 Å². The van der Waals surface area contributed by atoms with Gasteiger partial charge in [0.15, 0.2) is 0 Å². The van der Waals surface area contributed by atoms with Crippen LogP contribution in [0.5, 0.6) is 5.75 Å². The second kappa shape index (κ2) is 5.25. The maximum atomic E-state index is 5.96. The van der Waals surface area contributed by atoms with Crippen LogP contribution in [0.4, 0.5) is 5.82 Å². The Kier molecular flexibility index (Phi) is 3.46. The number of rotatable bonds is 4. The van der Waals surface area contributed by atoms with Gasteiger partial charge in [0, 0.05) is 15.6 Å². The number of nitrogens with zero attached hydrogens (tertiary/aromatic N) is 1. The van der Waals surface area contributed by atoms with Crippen LogP contribution in [0, 0.1) is 5.92 Å². The highest BCUT2D eigenvalue weighted by molar-refractivity contribution is 9.10. The minimum atomic E-state index is 0.562. The molecule has 100 valence electrons. The fraction of sp³-hybridized carbons (Fsp3) is 0.357. The molecule has 1 aliphatic rings. The summed E-state index contributed by atoms with van der Waals surface area (Å²) in [6.45, 7) is 0.784. The molecule has 1 fully saturated rings. The molecule has 0 radical (unpaired) electrons. The average Bonchev–Trinajstić information content (AvgIpc) is 2.75. The topological polar surface area (TPSA) is 63.9 Å². The van der Waals surface area contributed by atoms with E-state index >= 15 is 0 Å². The van der Waals surface area contributed by atoms with Gasteiger partial charge in [-0.25, -0.2) is 0 Å². The van der Waals surface area contributed by atoms with Crippen LogP contribution in [0.3, 0.4) is 0 Å². The molecule has 1 saturated carbocycles. The number of nitrogens with one attached hydrogen (secondary N) is 1. The van der Waals surface area contributed by atoms with E-state index in [9.17, 15) is 0 Å². The molecule has 3 rings (SSSR count). The van der Waals surface area contributed by atoms with Crippen LogP contribution in [0.2, 0.25) is 0 Å².